The first kappa shape index (κ1) is 15.0. The number of piperidine rings is 1. The maximum atomic E-state index is 13.0. The lowest BCUT2D eigenvalue weighted by Crippen LogP contribution is -2.35. The Labute approximate surface area is 127 Å². The van der Waals surface area contributed by atoms with Crippen molar-refractivity contribution in [3.8, 4) is 0 Å². The van der Waals surface area contributed by atoms with Crippen LogP contribution in [0.15, 0.2) is 24.3 Å². The average Bonchev–Trinajstić information content (AvgIpc) is 3.02. The first-order valence-electron chi connectivity index (χ1n) is 8.51. The van der Waals surface area contributed by atoms with E-state index < -0.39 is 0 Å². The van der Waals surface area contributed by atoms with Crippen LogP contribution in [0.3, 0.4) is 0 Å². The topological polar surface area (TPSA) is 6.48 Å². The summed E-state index contributed by atoms with van der Waals surface area (Å²) >= 11 is 0. The van der Waals surface area contributed by atoms with Crippen molar-refractivity contribution in [2.24, 2.45) is 0 Å². The van der Waals surface area contributed by atoms with E-state index in [-0.39, 0.29) is 5.82 Å². The van der Waals surface area contributed by atoms with Gasteiger partial charge in [-0.3, -0.25) is 0 Å². The average molecular weight is 290 g/mol. The molecule has 3 heteroatoms. The summed E-state index contributed by atoms with van der Waals surface area (Å²) in [7, 11) is 0. The van der Waals surface area contributed by atoms with Crippen LogP contribution in [-0.4, -0.2) is 49.1 Å². The predicted molar refractivity (Wildman–Crippen MR) is 85.1 cm³/mol. The van der Waals surface area contributed by atoms with E-state index in [1.165, 1.54) is 76.9 Å². The van der Waals surface area contributed by atoms with Crippen LogP contribution < -0.4 is 0 Å². The van der Waals surface area contributed by atoms with Gasteiger partial charge in [0.05, 0.1) is 0 Å². The van der Waals surface area contributed by atoms with Crippen LogP contribution in [0, 0.1) is 5.82 Å². The van der Waals surface area contributed by atoms with Crippen molar-refractivity contribution in [1.82, 2.24) is 9.80 Å². The molecule has 0 aromatic heterocycles. The van der Waals surface area contributed by atoms with Crippen molar-refractivity contribution in [2.45, 2.75) is 38.0 Å². The summed E-state index contributed by atoms with van der Waals surface area (Å²) < 4.78 is 13.0. The molecule has 0 bridgehead atoms. The van der Waals surface area contributed by atoms with E-state index in [0.717, 1.165) is 0 Å². The molecule has 21 heavy (non-hydrogen) atoms. The molecule has 2 heterocycles. The van der Waals surface area contributed by atoms with Gasteiger partial charge >= 0.3 is 0 Å². The molecule has 2 aliphatic heterocycles. The van der Waals surface area contributed by atoms with Gasteiger partial charge in [0.2, 0.25) is 0 Å². The van der Waals surface area contributed by atoms with Crippen LogP contribution in [0.4, 0.5) is 4.39 Å². The minimum absolute atomic E-state index is 0.127. The van der Waals surface area contributed by atoms with Gasteiger partial charge in [-0.25, -0.2) is 4.39 Å². The molecule has 2 aliphatic rings. The highest BCUT2D eigenvalue weighted by Crippen LogP contribution is 2.28. The Morgan fingerprint density at radius 3 is 2.05 bits per heavy atom. The Hall–Kier alpha value is -0.930. The molecule has 0 radical (unpaired) electrons. The molecule has 116 valence electrons. The summed E-state index contributed by atoms with van der Waals surface area (Å²) in [6.07, 6.45) is 6.53. The highest BCUT2D eigenvalue weighted by molar-refractivity contribution is 5.21. The molecule has 0 amide bonds. The predicted octanol–water partition coefficient (Wildman–Crippen LogP) is 3.49. The van der Waals surface area contributed by atoms with Crippen LogP contribution in [0.1, 0.15) is 43.6 Å². The fourth-order valence-electron chi connectivity index (χ4n) is 3.75. The van der Waals surface area contributed by atoms with E-state index in [1.54, 1.807) is 12.1 Å². The molecule has 2 nitrogen and oxygen atoms in total. The zero-order valence-corrected chi connectivity index (χ0v) is 12.9. The zero-order chi connectivity index (χ0) is 14.5. The van der Waals surface area contributed by atoms with E-state index in [1.807, 2.05) is 12.1 Å². The minimum atomic E-state index is -0.127. The van der Waals surface area contributed by atoms with Gasteiger partial charge in [0.25, 0.3) is 0 Å². The number of hydrogen-bond acceptors (Lipinski definition) is 2. The first-order chi connectivity index (χ1) is 10.3. The lowest BCUT2D eigenvalue weighted by molar-refractivity contribution is 0.198. The lowest BCUT2D eigenvalue weighted by atomic mass is 9.89. The molecule has 0 N–H and O–H groups in total. The van der Waals surface area contributed by atoms with Gasteiger partial charge < -0.3 is 9.80 Å². The molecule has 0 spiro atoms. The molecule has 1 aromatic rings. The second-order valence-electron chi connectivity index (χ2n) is 6.57. The molecule has 2 saturated heterocycles. The highest BCUT2D eigenvalue weighted by atomic mass is 19.1. The molecule has 3 rings (SSSR count). The first-order valence-corrected chi connectivity index (χ1v) is 8.51. The normalized spacial score (nSPS) is 22.0. The SMILES string of the molecule is Fc1ccc(C2CCN(CCCN3CCCC3)CC2)cc1. The van der Waals surface area contributed by atoms with E-state index >= 15 is 0 Å². The number of likely N-dealkylation sites (tertiary alicyclic amines) is 2. The Bertz CT molecular complexity index is 417. The van der Waals surface area contributed by atoms with Gasteiger partial charge in [0.1, 0.15) is 5.82 Å². The van der Waals surface area contributed by atoms with Gasteiger partial charge in [-0.1, -0.05) is 12.1 Å². The zero-order valence-electron chi connectivity index (χ0n) is 12.9. The molecular formula is C18H27FN2. The fourth-order valence-corrected chi connectivity index (χ4v) is 3.75. The third-order valence-corrected chi connectivity index (χ3v) is 5.08. The third kappa shape index (κ3) is 4.27. The van der Waals surface area contributed by atoms with Gasteiger partial charge in [0.15, 0.2) is 0 Å². The second-order valence-corrected chi connectivity index (χ2v) is 6.57. The maximum Gasteiger partial charge on any atom is 0.123 e. The van der Waals surface area contributed by atoms with Gasteiger partial charge in [0, 0.05) is 0 Å². The largest absolute Gasteiger partial charge is 0.303 e. The Kier molecular flexibility index (Phi) is 5.26. The highest BCUT2D eigenvalue weighted by Gasteiger charge is 2.20. The van der Waals surface area contributed by atoms with E-state index in [9.17, 15) is 4.39 Å². The number of halogens is 1. The monoisotopic (exact) mass is 290 g/mol. The Balaban J connectivity index is 1.37. The van der Waals surface area contributed by atoms with Gasteiger partial charge in [-0.2, -0.15) is 0 Å². The number of benzene rings is 1. The van der Waals surface area contributed by atoms with Crippen LogP contribution >= 0.6 is 0 Å². The smallest absolute Gasteiger partial charge is 0.123 e. The molecule has 0 atom stereocenters. The van der Waals surface area contributed by atoms with Crippen LogP contribution in [0.5, 0.6) is 0 Å². The second kappa shape index (κ2) is 7.37. The summed E-state index contributed by atoms with van der Waals surface area (Å²) in [5.41, 5.74) is 1.31. The number of nitrogens with zero attached hydrogens (tertiary/aromatic N) is 2. The van der Waals surface area contributed by atoms with Crippen molar-refractivity contribution in [2.75, 3.05) is 39.3 Å². The fraction of sp³-hybridized carbons (Fsp3) is 0.667. The Morgan fingerprint density at radius 1 is 0.857 bits per heavy atom. The van der Waals surface area contributed by atoms with E-state index in [2.05, 4.69) is 9.80 Å². The molecule has 1 aromatic carbocycles. The standard InChI is InChI=1S/C18H27FN2/c19-18-6-4-16(5-7-18)17-8-14-21(15-9-17)13-3-12-20-10-1-2-11-20/h4-7,17H,1-3,8-15H2. The Morgan fingerprint density at radius 2 is 1.43 bits per heavy atom. The third-order valence-electron chi connectivity index (χ3n) is 5.08. The van der Waals surface area contributed by atoms with Gasteiger partial charge in [-0.15, -0.1) is 0 Å². The van der Waals surface area contributed by atoms with Crippen LogP contribution in [-0.2, 0) is 0 Å². The summed E-state index contributed by atoms with van der Waals surface area (Å²) in [6.45, 7) is 7.54. The quantitative estimate of drug-likeness (QED) is 0.819. The van der Waals surface area contributed by atoms with Crippen molar-refractivity contribution in [1.29, 1.82) is 0 Å². The van der Waals surface area contributed by atoms with Crippen molar-refractivity contribution < 1.29 is 4.39 Å². The van der Waals surface area contributed by atoms with Crippen LogP contribution in [0.25, 0.3) is 0 Å². The van der Waals surface area contributed by atoms with E-state index in [0.29, 0.717) is 5.92 Å². The van der Waals surface area contributed by atoms with Gasteiger partial charge in [-0.05, 0) is 95.0 Å². The van der Waals surface area contributed by atoms with Crippen LogP contribution in [0.2, 0.25) is 0 Å². The molecule has 2 fully saturated rings. The lowest BCUT2D eigenvalue weighted by Gasteiger charge is -2.32. The van der Waals surface area contributed by atoms with Crippen molar-refractivity contribution >= 4 is 0 Å². The van der Waals surface area contributed by atoms with E-state index in [4.69, 9.17) is 0 Å². The number of rotatable bonds is 5. The molecule has 0 unspecified atom stereocenters. The number of hydrogen-bond donors (Lipinski definition) is 0. The summed E-state index contributed by atoms with van der Waals surface area (Å²) in [6, 6.07) is 7.11. The maximum absolute atomic E-state index is 13.0. The molecule has 0 aliphatic carbocycles. The van der Waals surface area contributed by atoms with Crippen molar-refractivity contribution in [3.63, 3.8) is 0 Å². The summed E-state index contributed by atoms with van der Waals surface area (Å²) in [4.78, 5) is 5.21. The summed E-state index contributed by atoms with van der Waals surface area (Å²) in [5.74, 6) is 0.499. The van der Waals surface area contributed by atoms with Crippen molar-refractivity contribution in [3.05, 3.63) is 35.6 Å². The minimum Gasteiger partial charge on any atom is -0.303 e. The summed E-state index contributed by atoms with van der Waals surface area (Å²) in [5, 5.41) is 0. The molecule has 0 saturated carbocycles. The molecular weight excluding hydrogens is 263 g/mol.